The fraction of sp³-hybridized carbons (Fsp3) is 0.278. The molecule has 4 aromatic carbocycles. The Balaban J connectivity index is 1.80. The SMILES string of the molecule is CC[C@@H](C)NC(=O)[C@@H](Cc1ccccc1)N(Cc1ccc(C)cc1)C(=O)CN(c1cccc(Br)c1)S(=O)(=O)c1ccc(C)cc1. The molecule has 0 aromatic heterocycles. The van der Waals surface area contributed by atoms with Crippen LogP contribution in [0.15, 0.2) is 112 Å². The molecule has 0 aliphatic carbocycles. The molecule has 7 nitrogen and oxygen atoms in total. The van der Waals surface area contributed by atoms with Crippen LogP contribution >= 0.6 is 15.9 Å². The first-order chi connectivity index (χ1) is 21.5. The fourth-order valence-corrected chi connectivity index (χ4v) is 6.68. The smallest absolute Gasteiger partial charge is 0.264 e. The van der Waals surface area contributed by atoms with E-state index in [2.05, 4.69) is 21.2 Å². The van der Waals surface area contributed by atoms with Gasteiger partial charge in [-0.3, -0.25) is 13.9 Å². The standard InChI is InChI=1S/C36H40BrN3O4S/c1-5-28(4)38-36(42)34(22-29-10-7-6-8-11-29)39(24-30-18-14-26(2)15-19-30)35(41)25-40(32-13-9-12-31(37)23-32)45(43,44)33-20-16-27(3)17-21-33/h6-21,23,28,34H,5,22,24-25H2,1-4H3,(H,38,42)/t28-,34-/m1/s1. The normalized spacial score (nSPS) is 12.6. The van der Waals surface area contributed by atoms with Crippen molar-refractivity contribution in [3.8, 4) is 0 Å². The van der Waals surface area contributed by atoms with Gasteiger partial charge in [-0.1, -0.05) is 107 Å². The highest BCUT2D eigenvalue weighted by atomic mass is 79.9. The zero-order valence-corrected chi connectivity index (χ0v) is 28.5. The van der Waals surface area contributed by atoms with Gasteiger partial charge >= 0.3 is 0 Å². The van der Waals surface area contributed by atoms with E-state index in [1.54, 1.807) is 48.5 Å². The predicted molar refractivity (Wildman–Crippen MR) is 183 cm³/mol. The van der Waals surface area contributed by atoms with Crippen LogP contribution in [0.3, 0.4) is 0 Å². The Labute approximate surface area is 275 Å². The molecule has 0 saturated carbocycles. The van der Waals surface area contributed by atoms with Crippen molar-refractivity contribution in [2.24, 2.45) is 0 Å². The first kappa shape index (κ1) is 33.9. The van der Waals surface area contributed by atoms with Crippen LogP contribution < -0.4 is 9.62 Å². The van der Waals surface area contributed by atoms with Crippen LogP contribution in [0, 0.1) is 13.8 Å². The lowest BCUT2D eigenvalue weighted by Gasteiger charge is -2.34. The van der Waals surface area contributed by atoms with Crippen molar-refractivity contribution in [3.05, 3.63) is 130 Å². The van der Waals surface area contributed by atoms with Gasteiger partial charge in [0.15, 0.2) is 0 Å². The summed E-state index contributed by atoms with van der Waals surface area (Å²) >= 11 is 3.45. The largest absolute Gasteiger partial charge is 0.352 e. The molecule has 4 aromatic rings. The minimum atomic E-state index is -4.16. The van der Waals surface area contributed by atoms with Crippen molar-refractivity contribution in [2.75, 3.05) is 10.8 Å². The summed E-state index contributed by atoms with van der Waals surface area (Å²) < 4.78 is 30.1. The monoisotopic (exact) mass is 689 g/mol. The molecular weight excluding hydrogens is 650 g/mol. The summed E-state index contributed by atoms with van der Waals surface area (Å²) in [6, 6.07) is 29.7. The van der Waals surface area contributed by atoms with Crippen molar-refractivity contribution in [3.63, 3.8) is 0 Å². The lowest BCUT2D eigenvalue weighted by Crippen LogP contribution is -2.54. The molecule has 0 aliphatic rings. The molecule has 0 bridgehead atoms. The van der Waals surface area contributed by atoms with Crippen LogP contribution in [0.4, 0.5) is 5.69 Å². The fourth-order valence-electron chi connectivity index (χ4n) is 4.88. The van der Waals surface area contributed by atoms with E-state index in [1.165, 1.54) is 4.90 Å². The maximum absolute atomic E-state index is 14.5. The minimum absolute atomic E-state index is 0.0707. The third-order valence-electron chi connectivity index (χ3n) is 7.73. The van der Waals surface area contributed by atoms with Crippen molar-refractivity contribution in [1.82, 2.24) is 10.2 Å². The minimum Gasteiger partial charge on any atom is -0.352 e. The van der Waals surface area contributed by atoms with E-state index in [-0.39, 0.29) is 29.8 Å². The highest BCUT2D eigenvalue weighted by molar-refractivity contribution is 9.10. The van der Waals surface area contributed by atoms with Crippen molar-refractivity contribution in [1.29, 1.82) is 0 Å². The molecule has 0 heterocycles. The molecule has 1 N–H and O–H groups in total. The lowest BCUT2D eigenvalue weighted by molar-refractivity contribution is -0.140. The van der Waals surface area contributed by atoms with E-state index in [0.29, 0.717) is 10.2 Å². The Morgan fingerprint density at radius 3 is 2.04 bits per heavy atom. The number of nitrogens with one attached hydrogen (secondary N) is 1. The van der Waals surface area contributed by atoms with Crippen LogP contribution in [0.5, 0.6) is 0 Å². The Kier molecular flexibility index (Phi) is 11.6. The van der Waals surface area contributed by atoms with Gasteiger partial charge in [0, 0.05) is 23.5 Å². The highest BCUT2D eigenvalue weighted by Gasteiger charge is 2.35. The molecular formula is C36H40BrN3O4S. The molecule has 0 saturated heterocycles. The van der Waals surface area contributed by atoms with E-state index in [9.17, 15) is 18.0 Å². The Morgan fingerprint density at radius 1 is 0.822 bits per heavy atom. The number of carbonyl (C=O) groups excluding carboxylic acids is 2. The molecule has 2 amide bonds. The Bertz CT molecular complexity index is 1690. The number of hydrogen-bond donors (Lipinski definition) is 1. The number of hydrogen-bond acceptors (Lipinski definition) is 4. The van der Waals surface area contributed by atoms with Crippen LogP contribution in [0.1, 0.15) is 42.5 Å². The number of sulfonamides is 1. The second-order valence-corrected chi connectivity index (χ2v) is 14.1. The topological polar surface area (TPSA) is 86.8 Å². The number of anilines is 1. The van der Waals surface area contributed by atoms with Crippen LogP contribution in [-0.2, 0) is 32.6 Å². The molecule has 0 radical (unpaired) electrons. The molecule has 0 fully saturated rings. The summed E-state index contributed by atoms with van der Waals surface area (Å²) in [7, 11) is -4.16. The third-order valence-corrected chi connectivity index (χ3v) is 10.0. The molecule has 236 valence electrons. The molecule has 9 heteroatoms. The molecule has 0 aliphatic heterocycles. The third kappa shape index (κ3) is 9.05. The highest BCUT2D eigenvalue weighted by Crippen LogP contribution is 2.27. The number of carbonyl (C=O) groups is 2. The van der Waals surface area contributed by atoms with Gasteiger partial charge in [0.1, 0.15) is 12.6 Å². The molecule has 4 rings (SSSR count). The lowest BCUT2D eigenvalue weighted by atomic mass is 10.0. The summed E-state index contributed by atoms with van der Waals surface area (Å²) in [5, 5.41) is 3.06. The molecule has 45 heavy (non-hydrogen) atoms. The summed E-state index contributed by atoms with van der Waals surface area (Å²) in [4.78, 5) is 30.0. The number of halogens is 1. The second-order valence-electron chi connectivity index (χ2n) is 11.3. The van der Waals surface area contributed by atoms with E-state index < -0.39 is 28.5 Å². The van der Waals surface area contributed by atoms with Crippen LogP contribution in [0.25, 0.3) is 0 Å². The van der Waals surface area contributed by atoms with Gasteiger partial charge in [-0.15, -0.1) is 0 Å². The summed E-state index contributed by atoms with van der Waals surface area (Å²) in [5.41, 5.74) is 4.03. The maximum atomic E-state index is 14.5. The van der Waals surface area contributed by atoms with Gasteiger partial charge in [-0.2, -0.15) is 0 Å². The second kappa shape index (κ2) is 15.4. The van der Waals surface area contributed by atoms with Crippen molar-refractivity contribution >= 4 is 43.5 Å². The number of aryl methyl sites for hydroxylation is 2. The van der Waals surface area contributed by atoms with Gasteiger partial charge in [0.25, 0.3) is 10.0 Å². The number of benzene rings is 4. The number of amides is 2. The van der Waals surface area contributed by atoms with Gasteiger partial charge < -0.3 is 10.2 Å². The quantitative estimate of drug-likeness (QED) is 0.167. The predicted octanol–water partition coefficient (Wildman–Crippen LogP) is 6.82. The number of rotatable bonds is 13. The van der Waals surface area contributed by atoms with Crippen LogP contribution in [0.2, 0.25) is 0 Å². The Hall–Kier alpha value is -3.95. The first-order valence-electron chi connectivity index (χ1n) is 15.0. The average Bonchev–Trinajstić information content (AvgIpc) is 3.02. The van der Waals surface area contributed by atoms with Crippen molar-refractivity contribution < 1.29 is 18.0 Å². The van der Waals surface area contributed by atoms with Gasteiger partial charge in [-0.05, 0) is 68.7 Å². The molecule has 0 unspecified atom stereocenters. The first-order valence-corrected chi connectivity index (χ1v) is 17.3. The van der Waals surface area contributed by atoms with E-state index in [0.717, 1.165) is 33.0 Å². The Morgan fingerprint density at radius 2 is 1.44 bits per heavy atom. The van der Waals surface area contributed by atoms with E-state index >= 15 is 0 Å². The maximum Gasteiger partial charge on any atom is 0.264 e. The zero-order valence-electron chi connectivity index (χ0n) is 26.1. The van der Waals surface area contributed by atoms with Gasteiger partial charge in [0.05, 0.1) is 10.6 Å². The average molecular weight is 691 g/mol. The van der Waals surface area contributed by atoms with Crippen molar-refractivity contribution in [2.45, 2.75) is 64.1 Å². The van der Waals surface area contributed by atoms with E-state index in [1.807, 2.05) is 82.3 Å². The van der Waals surface area contributed by atoms with Gasteiger partial charge in [0.2, 0.25) is 11.8 Å². The van der Waals surface area contributed by atoms with Crippen LogP contribution in [-0.4, -0.2) is 43.8 Å². The van der Waals surface area contributed by atoms with Gasteiger partial charge in [-0.25, -0.2) is 8.42 Å². The number of nitrogens with zero attached hydrogens (tertiary/aromatic N) is 2. The summed E-state index contributed by atoms with van der Waals surface area (Å²) in [5.74, 6) is -0.782. The summed E-state index contributed by atoms with van der Waals surface area (Å²) in [6.07, 6.45) is 0.990. The molecule has 0 spiro atoms. The van der Waals surface area contributed by atoms with E-state index in [4.69, 9.17) is 0 Å². The summed E-state index contributed by atoms with van der Waals surface area (Å²) in [6.45, 7) is 7.40. The molecule has 2 atom stereocenters. The zero-order chi connectivity index (χ0) is 32.6.